The minimum Gasteiger partial charge on any atom is -0.496 e. The minimum atomic E-state index is -0.159. The van der Waals surface area contributed by atoms with Gasteiger partial charge in [0.15, 0.2) is 0 Å². The predicted molar refractivity (Wildman–Crippen MR) is 88.9 cm³/mol. The summed E-state index contributed by atoms with van der Waals surface area (Å²) < 4.78 is 11.1. The summed E-state index contributed by atoms with van der Waals surface area (Å²) in [6.07, 6.45) is 4.63. The SMILES string of the molecule is COc1ccc(Cl)cc1CNC(=O)N[C@@H]1CCO[C@@H](C2CC2)C1. The van der Waals surface area contributed by atoms with Gasteiger partial charge in [0.05, 0.1) is 13.2 Å². The van der Waals surface area contributed by atoms with Crippen LogP contribution in [0, 0.1) is 5.92 Å². The van der Waals surface area contributed by atoms with Crippen LogP contribution >= 0.6 is 11.6 Å². The molecule has 1 aliphatic carbocycles. The van der Waals surface area contributed by atoms with Crippen LogP contribution in [0.5, 0.6) is 5.75 Å². The largest absolute Gasteiger partial charge is 0.496 e. The van der Waals surface area contributed by atoms with Crippen molar-refractivity contribution in [3.63, 3.8) is 0 Å². The van der Waals surface area contributed by atoms with Crippen molar-refractivity contribution in [3.05, 3.63) is 28.8 Å². The van der Waals surface area contributed by atoms with E-state index in [-0.39, 0.29) is 12.1 Å². The van der Waals surface area contributed by atoms with Crippen molar-refractivity contribution in [3.8, 4) is 5.75 Å². The zero-order valence-corrected chi connectivity index (χ0v) is 14.1. The van der Waals surface area contributed by atoms with Gasteiger partial charge in [-0.1, -0.05) is 11.6 Å². The van der Waals surface area contributed by atoms with Crippen molar-refractivity contribution in [1.82, 2.24) is 10.6 Å². The third kappa shape index (κ3) is 4.52. The van der Waals surface area contributed by atoms with Gasteiger partial charge in [-0.25, -0.2) is 4.79 Å². The molecule has 0 unspecified atom stereocenters. The van der Waals surface area contributed by atoms with Gasteiger partial charge in [-0.3, -0.25) is 0 Å². The number of halogens is 1. The second-order valence-electron chi connectivity index (χ2n) is 6.25. The number of methoxy groups -OCH3 is 1. The molecule has 1 heterocycles. The third-order valence-corrected chi connectivity index (χ3v) is 4.72. The summed E-state index contributed by atoms with van der Waals surface area (Å²) in [5.74, 6) is 1.42. The fraction of sp³-hybridized carbons (Fsp3) is 0.588. The monoisotopic (exact) mass is 338 g/mol. The van der Waals surface area contributed by atoms with E-state index >= 15 is 0 Å². The number of benzene rings is 1. The molecule has 0 aromatic heterocycles. The number of carbonyl (C=O) groups excluding carboxylic acids is 1. The Morgan fingerprint density at radius 3 is 2.96 bits per heavy atom. The number of hydrogen-bond acceptors (Lipinski definition) is 3. The van der Waals surface area contributed by atoms with Gasteiger partial charge in [0.25, 0.3) is 0 Å². The Morgan fingerprint density at radius 1 is 1.39 bits per heavy atom. The van der Waals surface area contributed by atoms with Crippen LogP contribution in [-0.2, 0) is 11.3 Å². The Hall–Kier alpha value is -1.46. The normalized spacial score (nSPS) is 24.1. The van der Waals surface area contributed by atoms with Crippen molar-refractivity contribution in [2.45, 2.75) is 44.4 Å². The molecule has 1 aromatic carbocycles. The van der Waals surface area contributed by atoms with Crippen LogP contribution in [0.1, 0.15) is 31.2 Å². The molecule has 2 atom stereocenters. The molecule has 6 heteroatoms. The molecule has 126 valence electrons. The van der Waals surface area contributed by atoms with Crippen LogP contribution in [0.2, 0.25) is 5.02 Å². The molecule has 1 aliphatic heterocycles. The van der Waals surface area contributed by atoms with Crippen molar-refractivity contribution in [2.75, 3.05) is 13.7 Å². The first-order valence-electron chi connectivity index (χ1n) is 8.14. The molecule has 2 amide bonds. The lowest BCUT2D eigenvalue weighted by Crippen LogP contribution is -2.46. The summed E-state index contributed by atoms with van der Waals surface area (Å²) in [4.78, 5) is 12.1. The summed E-state index contributed by atoms with van der Waals surface area (Å²) in [7, 11) is 1.60. The van der Waals surface area contributed by atoms with E-state index in [9.17, 15) is 4.79 Å². The number of amides is 2. The lowest BCUT2D eigenvalue weighted by Gasteiger charge is -2.30. The van der Waals surface area contributed by atoms with Crippen molar-refractivity contribution in [2.24, 2.45) is 5.92 Å². The summed E-state index contributed by atoms with van der Waals surface area (Å²) in [5.41, 5.74) is 0.859. The van der Waals surface area contributed by atoms with Gasteiger partial charge >= 0.3 is 6.03 Å². The number of rotatable bonds is 5. The van der Waals surface area contributed by atoms with E-state index in [0.717, 1.165) is 30.8 Å². The molecule has 5 nitrogen and oxygen atoms in total. The molecule has 23 heavy (non-hydrogen) atoms. The Bertz CT molecular complexity index is 563. The highest BCUT2D eigenvalue weighted by Gasteiger charge is 2.36. The number of carbonyl (C=O) groups is 1. The highest BCUT2D eigenvalue weighted by Crippen LogP contribution is 2.38. The quantitative estimate of drug-likeness (QED) is 0.867. The fourth-order valence-electron chi connectivity index (χ4n) is 3.05. The molecule has 0 spiro atoms. The van der Waals surface area contributed by atoms with Gasteiger partial charge in [-0.15, -0.1) is 0 Å². The molecule has 0 bridgehead atoms. The maximum absolute atomic E-state index is 12.1. The zero-order valence-electron chi connectivity index (χ0n) is 13.3. The van der Waals surface area contributed by atoms with E-state index in [2.05, 4.69) is 10.6 Å². The Balaban J connectivity index is 1.48. The van der Waals surface area contributed by atoms with Gasteiger partial charge in [-0.2, -0.15) is 0 Å². The summed E-state index contributed by atoms with van der Waals surface area (Å²) in [6, 6.07) is 5.40. The molecule has 1 saturated carbocycles. The van der Waals surface area contributed by atoms with E-state index in [4.69, 9.17) is 21.1 Å². The molecule has 3 rings (SSSR count). The zero-order chi connectivity index (χ0) is 16.2. The Kier molecular flexibility index (Phi) is 5.28. The molecular weight excluding hydrogens is 316 g/mol. The molecule has 1 saturated heterocycles. The smallest absolute Gasteiger partial charge is 0.315 e. The molecular formula is C17H23ClN2O3. The summed E-state index contributed by atoms with van der Waals surface area (Å²) in [6.45, 7) is 1.11. The first-order chi connectivity index (χ1) is 11.2. The van der Waals surface area contributed by atoms with E-state index in [1.165, 1.54) is 12.8 Å². The average Bonchev–Trinajstić information content (AvgIpc) is 3.38. The first-order valence-corrected chi connectivity index (χ1v) is 8.52. The van der Waals surface area contributed by atoms with E-state index in [1.807, 2.05) is 0 Å². The summed E-state index contributed by atoms with van der Waals surface area (Å²) >= 11 is 6.00. The van der Waals surface area contributed by atoms with Crippen LogP contribution < -0.4 is 15.4 Å². The van der Waals surface area contributed by atoms with Crippen LogP contribution in [0.15, 0.2) is 18.2 Å². The van der Waals surface area contributed by atoms with Crippen LogP contribution in [0.4, 0.5) is 4.79 Å². The fourth-order valence-corrected chi connectivity index (χ4v) is 3.25. The van der Waals surface area contributed by atoms with Crippen molar-refractivity contribution >= 4 is 17.6 Å². The maximum Gasteiger partial charge on any atom is 0.315 e. The van der Waals surface area contributed by atoms with Crippen molar-refractivity contribution < 1.29 is 14.3 Å². The second-order valence-corrected chi connectivity index (χ2v) is 6.69. The van der Waals surface area contributed by atoms with Crippen LogP contribution in [-0.4, -0.2) is 31.9 Å². The predicted octanol–water partition coefficient (Wildman–Crippen LogP) is 3.11. The van der Waals surface area contributed by atoms with Crippen molar-refractivity contribution in [1.29, 1.82) is 0 Å². The lowest BCUT2D eigenvalue weighted by molar-refractivity contribution is -0.00914. The molecule has 2 N–H and O–H groups in total. The number of hydrogen-bond donors (Lipinski definition) is 2. The van der Waals surface area contributed by atoms with Gasteiger partial charge < -0.3 is 20.1 Å². The van der Waals surface area contributed by atoms with E-state index in [0.29, 0.717) is 23.6 Å². The molecule has 2 aliphatic rings. The van der Waals surface area contributed by atoms with Gasteiger partial charge in [0.2, 0.25) is 0 Å². The second kappa shape index (κ2) is 7.41. The standard InChI is InChI=1S/C17H23ClN2O3/c1-22-15-5-4-13(18)8-12(15)10-19-17(21)20-14-6-7-23-16(9-14)11-2-3-11/h4-5,8,11,14,16H,2-3,6-7,9-10H2,1H3,(H2,19,20,21)/t14-,16-/m1/s1. The third-order valence-electron chi connectivity index (χ3n) is 4.48. The lowest BCUT2D eigenvalue weighted by atomic mass is 10.0. The summed E-state index contributed by atoms with van der Waals surface area (Å²) in [5, 5.41) is 6.55. The maximum atomic E-state index is 12.1. The number of nitrogens with one attached hydrogen (secondary N) is 2. The first kappa shape index (κ1) is 16.4. The highest BCUT2D eigenvalue weighted by molar-refractivity contribution is 6.30. The Labute approximate surface area is 141 Å². The van der Waals surface area contributed by atoms with Crippen LogP contribution in [0.25, 0.3) is 0 Å². The van der Waals surface area contributed by atoms with E-state index < -0.39 is 0 Å². The number of ether oxygens (including phenoxy) is 2. The topological polar surface area (TPSA) is 59.6 Å². The minimum absolute atomic E-state index is 0.159. The molecule has 2 fully saturated rings. The molecule has 0 radical (unpaired) electrons. The van der Waals surface area contributed by atoms with E-state index in [1.54, 1.807) is 25.3 Å². The van der Waals surface area contributed by atoms with Gasteiger partial charge in [0.1, 0.15) is 5.75 Å². The number of urea groups is 1. The average molecular weight is 339 g/mol. The Morgan fingerprint density at radius 2 is 2.22 bits per heavy atom. The van der Waals surface area contributed by atoms with Gasteiger partial charge in [-0.05, 0) is 49.8 Å². The van der Waals surface area contributed by atoms with Gasteiger partial charge in [0, 0.05) is 29.8 Å². The molecule has 1 aromatic rings. The van der Waals surface area contributed by atoms with Crippen LogP contribution in [0.3, 0.4) is 0 Å². The highest BCUT2D eigenvalue weighted by atomic mass is 35.5.